The second kappa shape index (κ2) is 4.52. The zero-order valence-corrected chi connectivity index (χ0v) is 11.8. The summed E-state index contributed by atoms with van der Waals surface area (Å²) in [5.74, 6) is -0.442. The van der Waals surface area contributed by atoms with Crippen molar-refractivity contribution in [1.82, 2.24) is 13.8 Å². The average Bonchev–Trinajstić information content (AvgIpc) is 2.19. The number of amides is 1. The van der Waals surface area contributed by atoms with Crippen LogP contribution in [0.3, 0.4) is 0 Å². The molecule has 0 saturated heterocycles. The van der Waals surface area contributed by atoms with Crippen LogP contribution >= 0.6 is 12.2 Å². The van der Waals surface area contributed by atoms with Gasteiger partial charge in [0, 0.05) is 19.5 Å². The molecule has 0 atom stereocenters. The van der Waals surface area contributed by atoms with Crippen LogP contribution < -0.4 is 16.8 Å². The first-order valence-electron chi connectivity index (χ1n) is 5.30. The highest BCUT2D eigenvalue weighted by Crippen LogP contribution is 2.06. The van der Waals surface area contributed by atoms with Crippen LogP contribution in [0.15, 0.2) is 9.59 Å². The average molecular weight is 272 g/mol. The van der Waals surface area contributed by atoms with Gasteiger partial charge in [-0.05, 0) is 33.0 Å². The Bertz CT molecular complexity index is 660. The highest BCUT2D eigenvalue weighted by atomic mass is 32.1. The van der Waals surface area contributed by atoms with E-state index in [0.717, 1.165) is 13.8 Å². The topological polar surface area (TPSA) is 78.0 Å². The Morgan fingerprint density at radius 2 is 1.72 bits per heavy atom. The van der Waals surface area contributed by atoms with E-state index in [0.29, 0.717) is 0 Å². The Balaban J connectivity index is 3.84. The van der Waals surface area contributed by atoms with Crippen molar-refractivity contribution in [2.45, 2.75) is 33.2 Å². The normalized spacial score (nSPS) is 11.4. The lowest BCUT2D eigenvalue weighted by atomic mass is 10.1. The smallest absolute Gasteiger partial charge is 0.274 e. The molecule has 18 heavy (non-hydrogen) atoms. The molecule has 0 aliphatic carbocycles. The molecule has 0 fully saturated rings. The van der Waals surface area contributed by atoms with E-state index >= 15 is 0 Å². The summed E-state index contributed by atoms with van der Waals surface area (Å²) >= 11 is 4.97. The fourth-order valence-corrected chi connectivity index (χ4v) is 1.67. The summed E-state index contributed by atoms with van der Waals surface area (Å²) in [6, 6.07) is 0. The number of nitrogens with zero attached hydrogens (tertiary/aromatic N) is 3. The van der Waals surface area contributed by atoms with E-state index in [1.54, 1.807) is 20.8 Å². The van der Waals surface area contributed by atoms with Crippen LogP contribution in [0.25, 0.3) is 0 Å². The summed E-state index contributed by atoms with van der Waals surface area (Å²) in [4.78, 5) is 35.3. The number of hydrogen-bond donors (Lipinski definition) is 1. The number of hydrogen-bond acceptors (Lipinski definition) is 4. The highest BCUT2D eigenvalue weighted by molar-refractivity contribution is 7.71. The van der Waals surface area contributed by atoms with Gasteiger partial charge in [0.2, 0.25) is 10.7 Å². The molecule has 1 amide bonds. The maximum Gasteiger partial charge on any atom is 0.354 e. The second-order valence-electron chi connectivity index (χ2n) is 4.92. The molecule has 7 nitrogen and oxygen atoms in total. The van der Waals surface area contributed by atoms with Gasteiger partial charge in [0.15, 0.2) is 0 Å². The van der Waals surface area contributed by atoms with Crippen molar-refractivity contribution >= 4 is 18.1 Å². The fourth-order valence-electron chi connectivity index (χ4n) is 1.47. The van der Waals surface area contributed by atoms with E-state index in [9.17, 15) is 14.4 Å². The van der Waals surface area contributed by atoms with Gasteiger partial charge < -0.3 is 0 Å². The molecule has 1 heterocycles. The molecule has 100 valence electrons. The molecule has 0 aromatic carbocycles. The second-order valence-corrected chi connectivity index (χ2v) is 5.28. The first-order chi connectivity index (χ1) is 8.07. The van der Waals surface area contributed by atoms with Crippen LogP contribution in [0.5, 0.6) is 0 Å². The van der Waals surface area contributed by atoms with Crippen molar-refractivity contribution in [2.24, 2.45) is 7.05 Å². The summed E-state index contributed by atoms with van der Waals surface area (Å²) in [6.07, 6.45) is 0. The third-order valence-electron chi connectivity index (χ3n) is 2.28. The molecule has 0 radical (unpaired) electrons. The van der Waals surface area contributed by atoms with Crippen LogP contribution in [0.2, 0.25) is 0 Å². The maximum absolute atomic E-state index is 12.2. The molecule has 0 bridgehead atoms. The van der Waals surface area contributed by atoms with Gasteiger partial charge in [-0.1, -0.05) is 0 Å². The lowest BCUT2D eigenvalue weighted by Crippen LogP contribution is -2.53. The predicted molar refractivity (Wildman–Crippen MR) is 69.8 cm³/mol. The van der Waals surface area contributed by atoms with Gasteiger partial charge in [0.25, 0.3) is 0 Å². The Kier molecular flexibility index (Phi) is 3.61. The maximum atomic E-state index is 12.2. The van der Waals surface area contributed by atoms with Crippen LogP contribution in [0, 0.1) is 4.77 Å². The Morgan fingerprint density at radius 1 is 1.22 bits per heavy atom. The van der Waals surface area contributed by atoms with Crippen molar-refractivity contribution in [2.75, 3.05) is 5.43 Å². The van der Waals surface area contributed by atoms with Gasteiger partial charge in [-0.25, -0.2) is 14.2 Å². The summed E-state index contributed by atoms with van der Waals surface area (Å²) in [5.41, 5.74) is 0.413. The van der Waals surface area contributed by atoms with Gasteiger partial charge >= 0.3 is 11.4 Å². The number of carbonyl (C=O) groups excluding carboxylic acids is 1. The molecule has 0 aliphatic heterocycles. The molecule has 8 heteroatoms. The third-order valence-corrected chi connectivity index (χ3v) is 2.74. The molecule has 1 aromatic rings. The molecular formula is C10H16N4O3S. The molecule has 1 N–H and O–H groups in total. The number of rotatable bonds is 1. The molecular weight excluding hydrogens is 256 g/mol. The predicted octanol–water partition coefficient (Wildman–Crippen LogP) is -0.0770. The van der Waals surface area contributed by atoms with Gasteiger partial charge in [-0.3, -0.25) is 14.8 Å². The highest BCUT2D eigenvalue weighted by Gasteiger charge is 2.22. The van der Waals surface area contributed by atoms with Crippen molar-refractivity contribution in [3.05, 3.63) is 25.7 Å². The molecule has 1 aromatic heterocycles. The Labute approximate surface area is 109 Å². The van der Waals surface area contributed by atoms with Crippen molar-refractivity contribution < 1.29 is 4.79 Å². The molecule has 0 unspecified atom stereocenters. The third kappa shape index (κ3) is 2.42. The minimum atomic E-state index is -0.713. The number of aromatic nitrogens is 3. The largest absolute Gasteiger partial charge is 0.354 e. The summed E-state index contributed by atoms with van der Waals surface area (Å²) in [7, 11) is 1.45. The zero-order valence-electron chi connectivity index (χ0n) is 11.0. The van der Waals surface area contributed by atoms with Crippen molar-refractivity contribution in [1.29, 1.82) is 0 Å². The van der Waals surface area contributed by atoms with Gasteiger partial charge in [0.05, 0.1) is 0 Å². The number of carbonyl (C=O) groups is 1. The van der Waals surface area contributed by atoms with Crippen LogP contribution in [0.4, 0.5) is 0 Å². The van der Waals surface area contributed by atoms with Crippen molar-refractivity contribution in [3.8, 4) is 0 Å². The van der Waals surface area contributed by atoms with E-state index in [1.807, 2.05) is 0 Å². The summed E-state index contributed by atoms with van der Waals surface area (Å²) in [6.45, 7) is 6.42. The van der Waals surface area contributed by atoms with E-state index in [2.05, 4.69) is 5.43 Å². The van der Waals surface area contributed by atoms with E-state index < -0.39 is 22.8 Å². The number of nitrogens with one attached hydrogen (secondary N) is 1. The molecule has 0 spiro atoms. The zero-order chi connectivity index (χ0) is 14.2. The minimum Gasteiger partial charge on any atom is -0.274 e. The Hall–Kier alpha value is -1.70. The van der Waals surface area contributed by atoms with Crippen molar-refractivity contribution in [3.63, 3.8) is 0 Å². The molecule has 1 rings (SSSR count). The van der Waals surface area contributed by atoms with Crippen LogP contribution in [-0.4, -0.2) is 19.7 Å². The van der Waals surface area contributed by atoms with Crippen LogP contribution in [-0.2, 0) is 17.4 Å². The first-order valence-corrected chi connectivity index (χ1v) is 5.71. The minimum absolute atomic E-state index is 0.0549. The monoisotopic (exact) mass is 272 g/mol. The van der Waals surface area contributed by atoms with E-state index in [-0.39, 0.29) is 4.77 Å². The molecule has 0 aliphatic rings. The quantitative estimate of drug-likeness (QED) is 0.726. The Morgan fingerprint density at radius 3 is 2.11 bits per heavy atom. The van der Waals surface area contributed by atoms with E-state index in [4.69, 9.17) is 12.2 Å². The first kappa shape index (κ1) is 14.4. The van der Waals surface area contributed by atoms with Gasteiger partial charge in [-0.15, -0.1) is 0 Å². The molecule has 0 saturated carbocycles. The van der Waals surface area contributed by atoms with Gasteiger partial charge in [-0.2, -0.15) is 4.68 Å². The summed E-state index contributed by atoms with van der Waals surface area (Å²) < 4.78 is 3.02. The summed E-state index contributed by atoms with van der Waals surface area (Å²) in [5, 5.41) is 0. The fraction of sp³-hybridized carbons (Fsp3) is 0.600. The SMILES string of the molecule is CC(=O)Nn1c(=S)n(C)c(=O)n(C(C)(C)C)c1=O. The lowest BCUT2D eigenvalue weighted by Gasteiger charge is -2.23. The standard InChI is InChI=1S/C10H16N4O3S/c1-6(15)11-14-8(17)13(10(2,3)4)7(16)12(5)9(14)18/h1-5H3,(H,11,15). The lowest BCUT2D eigenvalue weighted by molar-refractivity contribution is -0.115. The van der Waals surface area contributed by atoms with E-state index in [1.165, 1.54) is 14.0 Å². The van der Waals surface area contributed by atoms with Gasteiger partial charge in [0.1, 0.15) is 0 Å². The van der Waals surface area contributed by atoms with Crippen LogP contribution in [0.1, 0.15) is 27.7 Å².